The molecule has 2 saturated carbocycles. The predicted molar refractivity (Wildman–Crippen MR) is 202 cm³/mol. The van der Waals surface area contributed by atoms with Crippen LogP contribution >= 0.6 is 11.3 Å². The van der Waals surface area contributed by atoms with E-state index in [1.165, 1.54) is 13.5 Å². The van der Waals surface area contributed by atoms with Crippen LogP contribution in [0.15, 0.2) is 53.9 Å². The molecule has 0 saturated heterocycles. The quantitative estimate of drug-likeness (QED) is 0.156. The topological polar surface area (TPSA) is 145 Å². The van der Waals surface area contributed by atoms with E-state index in [4.69, 9.17) is 14.2 Å². The Labute approximate surface area is 312 Å². The van der Waals surface area contributed by atoms with Gasteiger partial charge in [-0.1, -0.05) is 18.6 Å². The van der Waals surface area contributed by atoms with Gasteiger partial charge in [-0.25, -0.2) is 14.6 Å². The molecule has 12 heteroatoms. The fourth-order valence-electron chi connectivity index (χ4n) is 7.70. The molecule has 0 unspecified atom stereocenters. The number of hydrogen-bond acceptors (Lipinski definition) is 9. The van der Waals surface area contributed by atoms with Gasteiger partial charge in [-0.15, -0.1) is 11.3 Å². The van der Waals surface area contributed by atoms with Crippen molar-refractivity contribution in [1.29, 1.82) is 0 Å². The molecule has 276 valence electrons. The minimum atomic E-state index is -0.733. The summed E-state index contributed by atoms with van der Waals surface area (Å²) in [6.07, 6.45) is 4.61. The number of nitrogens with one attached hydrogen (secondary N) is 3. The zero-order chi connectivity index (χ0) is 37.4. The zero-order valence-electron chi connectivity index (χ0n) is 30.6. The second kappa shape index (κ2) is 14.7. The summed E-state index contributed by atoms with van der Waals surface area (Å²) >= 11 is 1.57. The zero-order valence-corrected chi connectivity index (χ0v) is 31.4. The van der Waals surface area contributed by atoms with Crippen molar-refractivity contribution >= 4 is 40.9 Å². The lowest BCUT2D eigenvalue weighted by Gasteiger charge is -2.23. The van der Waals surface area contributed by atoms with Crippen molar-refractivity contribution in [1.82, 2.24) is 15.6 Å². The first-order valence-corrected chi connectivity index (χ1v) is 18.9. The standard InChI is InChI=1S/C41H44N4O7S/c1-22-16-24(21-42-40(49)52-41(2,3)4)7-10-31(22)44-37(46)29-19-30-34(51-14-12-25-13-15-53-36(25)30)20-28(29)27-9-11-32(43-35(27)39(48)50-5)38(47)45-33-18-23-6-8-26(33)17-23/h7,9-11,13,15-16,19-20,23,26,33H,6,8,12,14,17-18,21H2,1-5H3,(H,42,49)(H,44,46)(H,45,47)/t23-,26+,33-/m1/s1. The second-order valence-electron chi connectivity index (χ2n) is 15.1. The van der Waals surface area contributed by atoms with E-state index in [0.29, 0.717) is 47.4 Å². The maximum absolute atomic E-state index is 14.4. The number of carbonyl (C=O) groups is 4. The number of esters is 1. The average molecular weight is 737 g/mol. The average Bonchev–Trinajstić information content (AvgIpc) is 3.86. The Kier molecular flexibility index (Phi) is 9.99. The summed E-state index contributed by atoms with van der Waals surface area (Å²) in [7, 11) is 1.26. The van der Waals surface area contributed by atoms with E-state index < -0.39 is 23.6 Å². The van der Waals surface area contributed by atoms with Crippen molar-refractivity contribution < 1.29 is 33.4 Å². The number of carbonyl (C=O) groups excluding carboxylic acids is 4. The minimum absolute atomic E-state index is 0.0782. The molecule has 0 spiro atoms. The van der Waals surface area contributed by atoms with Crippen molar-refractivity contribution in [2.45, 2.75) is 78.0 Å². The Morgan fingerprint density at radius 3 is 2.51 bits per heavy atom. The van der Waals surface area contributed by atoms with Gasteiger partial charge in [0.15, 0.2) is 5.69 Å². The van der Waals surface area contributed by atoms with E-state index in [1.54, 1.807) is 62.4 Å². The number of pyridine rings is 1. The van der Waals surface area contributed by atoms with E-state index in [-0.39, 0.29) is 35.4 Å². The molecule has 2 aromatic carbocycles. The van der Waals surface area contributed by atoms with Crippen LogP contribution in [-0.4, -0.2) is 54.2 Å². The summed E-state index contributed by atoms with van der Waals surface area (Å²) in [6, 6.07) is 14.5. The molecule has 3 heterocycles. The highest BCUT2D eigenvalue weighted by Gasteiger charge is 2.40. The Balaban J connectivity index is 1.22. The smallest absolute Gasteiger partial charge is 0.407 e. The van der Waals surface area contributed by atoms with E-state index in [9.17, 15) is 19.2 Å². The van der Waals surface area contributed by atoms with Gasteiger partial charge in [0, 0.05) is 51.8 Å². The van der Waals surface area contributed by atoms with Crippen LogP contribution in [-0.2, 0) is 22.4 Å². The van der Waals surface area contributed by atoms with E-state index in [0.717, 1.165) is 46.4 Å². The van der Waals surface area contributed by atoms with Gasteiger partial charge < -0.3 is 30.2 Å². The number of anilines is 1. The van der Waals surface area contributed by atoms with Gasteiger partial charge in [-0.2, -0.15) is 0 Å². The van der Waals surface area contributed by atoms with Crippen LogP contribution in [0.2, 0.25) is 0 Å². The van der Waals surface area contributed by atoms with E-state index in [2.05, 4.69) is 27.0 Å². The van der Waals surface area contributed by atoms with E-state index >= 15 is 0 Å². The van der Waals surface area contributed by atoms with Crippen molar-refractivity contribution in [3.8, 4) is 27.3 Å². The van der Waals surface area contributed by atoms with E-state index in [1.807, 2.05) is 24.4 Å². The SMILES string of the molecule is COC(=O)c1nc(C(=O)N[C@@H]2C[C@@H]3CC[C@H]2C3)ccc1-c1cc2c(cc1C(=O)Nc1ccc(CNC(=O)OC(C)(C)C)cc1C)-c1sccc1CCO2. The Morgan fingerprint density at radius 2 is 1.79 bits per heavy atom. The van der Waals surface area contributed by atoms with Gasteiger partial charge in [-0.05, 0) is 117 Å². The van der Waals surface area contributed by atoms with Gasteiger partial charge in [0.05, 0.1) is 13.7 Å². The first kappa shape index (κ1) is 36.1. The van der Waals surface area contributed by atoms with Gasteiger partial charge in [0.1, 0.15) is 17.0 Å². The lowest BCUT2D eigenvalue weighted by Crippen LogP contribution is -2.39. The van der Waals surface area contributed by atoms with Crippen LogP contribution in [0.3, 0.4) is 0 Å². The molecule has 2 aliphatic carbocycles. The Bertz CT molecular complexity index is 2100. The molecule has 3 amide bonds. The van der Waals surface area contributed by atoms with Crippen molar-refractivity contribution in [3.63, 3.8) is 0 Å². The number of aryl methyl sites for hydroxylation is 1. The maximum atomic E-state index is 14.4. The van der Waals surface area contributed by atoms with Crippen LogP contribution in [0.4, 0.5) is 10.5 Å². The van der Waals surface area contributed by atoms with Crippen LogP contribution in [0.1, 0.15) is 94.5 Å². The van der Waals surface area contributed by atoms with Crippen molar-refractivity contribution in [3.05, 3.63) is 87.6 Å². The number of rotatable bonds is 8. The lowest BCUT2D eigenvalue weighted by atomic mass is 9.93. The fourth-order valence-corrected chi connectivity index (χ4v) is 8.68. The third-order valence-electron chi connectivity index (χ3n) is 10.2. The molecule has 2 bridgehead atoms. The molecule has 53 heavy (non-hydrogen) atoms. The largest absolute Gasteiger partial charge is 0.493 e. The van der Waals surface area contributed by atoms with Crippen LogP contribution in [0, 0.1) is 18.8 Å². The number of nitrogens with zero attached hydrogens (tertiary/aromatic N) is 1. The molecular weight excluding hydrogens is 693 g/mol. The maximum Gasteiger partial charge on any atom is 0.407 e. The van der Waals surface area contributed by atoms with Gasteiger partial charge >= 0.3 is 12.1 Å². The van der Waals surface area contributed by atoms with Crippen LogP contribution in [0.5, 0.6) is 5.75 Å². The number of ether oxygens (including phenoxy) is 3. The first-order valence-electron chi connectivity index (χ1n) is 18.0. The number of alkyl carbamates (subject to hydrolysis) is 1. The third kappa shape index (κ3) is 7.78. The number of hydrogen-bond donors (Lipinski definition) is 3. The Hall–Kier alpha value is -5.23. The number of aromatic nitrogens is 1. The Morgan fingerprint density at radius 1 is 0.962 bits per heavy atom. The molecule has 3 atom stereocenters. The highest BCUT2D eigenvalue weighted by atomic mass is 32.1. The minimum Gasteiger partial charge on any atom is -0.493 e. The third-order valence-corrected chi connectivity index (χ3v) is 11.2. The number of fused-ring (bicyclic) bond motifs is 5. The molecule has 0 radical (unpaired) electrons. The highest BCUT2D eigenvalue weighted by molar-refractivity contribution is 7.13. The molecule has 2 fully saturated rings. The number of amides is 3. The summed E-state index contributed by atoms with van der Waals surface area (Å²) in [4.78, 5) is 58.9. The van der Waals surface area contributed by atoms with Crippen molar-refractivity contribution in [2.24, 2.45) is 11.8 Å². The molecule has 4 aromatic rings. The lowest BCUT2D eigenvalue weighted by molar-refractivity contribution is 0.0522. The molecular formula is C41H44N4O7S. The normalized spacial score (nSPS) is 18.5. The van der Waals surface area contributed by atoms with Gasteiger partial charge in [0.2, 0.25) is 0 Å². The highest BCUT2D eigenvalue weighted by Crippen LogP contribution is 2.45. The van der Waals surface area contributed by atoms with Gasteiger partial charge in [-0.3, -0.25) is 9.59 Å². The summed E-state index contributed by atoms with van der Waals surface area (Å²) in [5.74, 6) is 0.212. The number of methoxy groups -OCH3 is 1. The summed E-state index contributed by atoms with van der Waals surface area (Å²) < 4.78 is 16.7. The molecule has 7 rings (SSSR count). The summed E-state index contributed by atoms with van der Waals surface area (Å²) in [6.45, 7) is 7.97. The second-order valence-corrected chi connectivity index (χ2v) is 16.0. The van der Waals surface area contributed by atoms with Crippen molar-refractivity contribution in [2.75, 3.05) is 19.0 Å². The fraction of sp³-hybridized carbons (Fsp3) is 0.390. The van der Waals surface area contributed by atoms with Crippen LogP contribution in [0.25, 0.3) is 21.6 Å². The number of benzene rings is 2. The predicted octanol–water partition coefficient (Wildman–Crippen LogP) is 7.70. The number of thiophene rings is 1. The molecule has 2 aromatic heterocycles. The monoisotopic (exact) mass is 736 g/mol. The summed E-state index contributed by atoms with van der Waals surface area (Å²) in [5, 5.41) is 11.0. The summed E-state index contributed by atoms with van der Waals surface area (Å²) in [5.41, 5.74) is 4.53. The molecule has 1 aliphatic heterocycles. The molecule has 3 aliphatic rings. The first-order chi connectivity index (χ1) is 25.4. The van der Waals surface area contributed by atoms with Crippen LogP contribution < -0.4 is 20.7 Å². The molecule has 11 nitrogen and oxygen atoms in total. The molecule has 3 N–H and O–H groups in total. The van der Waals surface area contributed by atoms with Gasteiger partial charge in [0.25, 0.3) is 11.8 Å².